The van der Waals surface area contributed by atoms with Gasteiger partial charge in [-0.3, -0.25) is 4.98 Å². The van der Waals surface area contributed by atoms with Crippen LogP contribution >= 0.6 is 0 Å². The van der Waals surface area contributed by atoms with Crippen molar-refractivity contribution >= 4 is 11.4 Å². The van der Waals surface area contributed by atoms with Gasteiger partial charge in [-0.2, -0.15) is 0 Å². The summed E-state index contributed by atoms with van der Waals surface area (Å²) in [5.41, 5.74) is 6.35. The molecular formula is C38H36N4O2. The van der Waals surface area contributed by atoms with E-state index in [0.29, 0.717) is 0 Å². The van der Waals surface area contributed by atoms with Crippen LogP contribution in [0.4, 0.5) is 11.4 Å². The molecule has 4 aromatic carbocycles. The molecule has 6 heteroatoms. The number of piperidine rings is 1. The van der Waals surface area contributed by atoms with Crippen LogP contribution in [0.15, 0.2) is 128 Å². The minimum absolute atomic E-state index is 0.799. The molecule has 0 spiro atoms. The molecule has 7 rings (SSSR count). The van der Waals surface area contributed by atoms with Crippen molar-refractivity contribution in [3.05, 3.63) is 128 Å². The average Bonchev–Trinajstić information content (AvgIpc) is 3.52. The number of nitrogens with zero attached hydrogens (tertiary/aromatic N) is 4. The Kier molecular flexibility index (Phi) is 7.88. The van der Waals surface area contributed by atoms with Crippen LogP contribution in [0.2, 0.25) is 0 Å². The summed E-state index contributed by atoms with van der Waals surface area (Å²) in [6.07, 6.45) is 9.74. The van der Waals surface area contributed by atoms with Crippen LogP contribution < -0.4 is 19.3 Å². The normalized spacial score (nSPS) is 14.6. The smallest absolute Gasteiger partial charge is 0.130 e. The zero-order valence-electron chi connectivity index (χ0n) is 25.0. The molecule has 0 N–H and O–H groups in total. The summed E-state index contributed by atoms with van der Waals surface area (Å²) in [4.78, 5) is 11.6. The van der Waals surface area contributed by atoms with Crippen molar-refractivity contribution in [2.75, 3.05) is 36.6 Å². The van der Waals surface area contributed by atoms with Gasteiger partial charge in [-0.1, -0.05) is 36.4 Å². The number of rotatable bonds is 8. The van der Waals surface area contributed by atoms with Gasteiger partial charge < -0.3 is 24.2 Å². The number of anilines is 2. The average molecular weight is 581 g/mol. The Morgan fingerprint density at radius 3 is 2.09 bits per heavy atom. The Bertz CT molecular complexity index is 1760. The van der Waals surface area contributed by atoms with Gasteiger partial charge in [0, 0.05) is 67.8 Å². The van der Waals surface area contributed by atoms with Crippen molar-refractivity contribution in [1.29, 1.82) is 0 Å². The molecule has 1 aromatic heterocycles. The Balaban J connectivity index is 1.20. The molecule has 0 saturated carbocycles. The first-order valence-corrected chi connectivity index (χ1v) is 15.3. The van der Waals surface area contributed by atoms with Gasteiger partial charge in [0.25, 0.3) is 0 Å². The van der Waals surface area contributed by atoms with Gasteiger partial charge in [0.2, 0.25) is 0 Å². The highest BCUT2D eigenvalue weighted by Crippen LogP contribution is 2.36. The lowest BCUT2D eigenvalue weighted by Gasteiger charge is -2.29. The molecule has 2 aliphatic rings. The van der Waals surface area contributed by atoms with Crippen molar-refractivity contribution < 1.29 is 9.47 Å². The maximum atomic E-state index is 6.55. The predicted octanol–water partition coefficient (Wildman–Crippen LogP) is 9.17. The van der Waals surface area contributed by atoms with E-state index in [4.69, 9.17) is 14.5 Å². The summed E-state index contributed by atoms with van der Waals surface area (Å²) in [6, 6.07) is 37.1. The van der Waals surface area contributed by atoms with Crippen LogP contribution in [0.3, 0.4) is 0 Å². The quantitative estimate of drug-likeness (QED) is 0.182. The molecule has 3 heterocycles. The Hall–Kier alpha value is -5.23. The molecule has 2 aliphatic heterocycles. The molecule has 0 atom stereocenters. The van der Waals surface area contributed by atoms with E-state index in [1.807, 2.05) is 66.9 Å². The van der Waals surface area contributed by atoms with Gasteiger partial charge in [0.05, 0.1) is 12.4 Å². The Labute approximate surface area is 259 Å². The summed E-state index contributed by atoms with van der Waals surface area (Å²) >= 11 is 0. The lowest BCUT2D eigenvalue weighted by Crippen LogP contribution is -2.29. The predicted molar refractivity (Wildman–Crippen MR) is 178 cm³/mol. The lowest BCUT2D eigenvalue weighted by atomic mass is 10.0. The van der Waals surface area contributed by atoms with Crippen molar-refractivity contribution in [3.8, 4) is 45.4 Å². The highest BCUT2D eigenvalue weighted by atomic mass is 16.5. The third kappa shape index (κ3) is 6.40. The molecular weight excluding hydrogens is 544 g/mol. The summed E-state index contributed by atoms with van der Waals surface area (Å²) in [6.45, 7) is 2.92. The molecule has 0 amide bonds. The molecule has 0 radical (unpaired) electrons. The SMILES string of the molecule is CN1C=CN(c2cccc(Oc3cc(-c4cc(-c5cccc(Oc6ccccc6)c5)ccn4)cc(N4CCCCC4)c3)c2)C1. The summed E-state index contributed by atoms with van der Waals surface area (Å²) < 4.78 is 12.7. The minimum atomic E-state index is 0.799. The molecule has 0 aliphatic carbocycles. The standard InChI is InChI=1S/C38H36N4O2/c1-40-20-21-42(28-40)32-11-9-15-36(26-32)44-37-24-31(22-33(27-37)41-18-6-3-7-19-41)38-25-30(16-17-39-38)29-10-8-14-35(23-29)43-34-12-4-2-5-13-34/h2,4-5,8-17,20-27H,3,6-7,18-19,28H2,1H3. The lowest BCUT2D eigenvalue weighted by molar-refractivity contribution is 0.480. The van der Waals surface area contributed by atoms with Crippen molar-refractivity contribution in [3.63, 3.8) is 0 Å². The van der Waals surface area contributed by atoms with E-state index in [1.165, 1.54) is 24.9 Å². The maximum absolute atomic E-state index is 6.55. The van der Waals surface area contributed by atoms with Gasteiger partial charge in [-0.15, -0.1) is 0 Å². The Morgan fingerprint density at radius 2 is 1.27 bits per heavy atom. The van der Waals surface area contributed by atoms with E-state index >= 15 is 0 Å². The fraction of sp³-hybridized carbons (Fsp3) is 0.184. The second kappa shape index (κ2) is 12.6. The molecule has 5 aromatic rings. The van der Waals surface area contributed by atoms with E-state index < -0.39 is 0 Å². The second-order valence-electron chi connectivity index (χ2n) is 11.4. The summed E-state index contributed by atoms with van der Waals surface area (Å²) in [7, 11) is 2.07. The van der Waals surface area contributed by atoms with Gasteiger partial charge in [-0.25, -0.2) is 0 Å². The Morgan fingerprint density at radius 1 is 0.568 bits per heavy atom. The van der Waals surface area contributed by atoms with Gasteiger partial charge >= 0.3 is 0 Å². The molecule has 44 heavy (non-hydrogen) atoms. The highest BCUT2D eigenvalue weighted by molar-refractivity contribution is 5.74. The molecule has 1 fully saturated rings. The monoisotopic (exact) mass is 580 g/mol. The minimum Gasteiger partial charge on any atom is -0.457 e. The third-order valence-electron chi connectivity index (χ3n) is 8.08. The zero-order valence-corrected chi connectivity index (χ0v) is 25.0. The number of ether oxygens (including phenoxy) is 2. The number of para-hydroxylation sites is 1. The highest BCUT2D eigenvalue weighted by Gasteiger charge is 2.16. The number of hydrogen-bond donors (Lipinski definition) is 0. The van der Waals surface area contributed by atoms with Gasteiger partial charge in [0.1, 0.15) is 23.0 Å². The molecule has 1 saturated heterocycles. The van der Waals surface area contributed by atoms with Crippen LogP contribution in [0.5, 0.6) is 23.0 Å². The molecule has 0 unspecified atom stereocenters. The zero-order chi connectivity index (χ0) is 29.7. The summed E-state index contributed by atoms with van der Waals surface area (Å²) in [5, 5.41) is 0. The van der Waals surface area contributed by atoms with E-state index in [1.54, 1.807) is 0 Å². The maximum Gasteiger partial charge on any atom is 0.130 e. The topological polar surface area (TPSA) is 41.1 Å². The van der Waals surface area contributed by atoms with E-state index in [-0.39, 0.29) is 0 Å². The van der Waals surface area contributed by atoms with E-state index in [0.717, 1.165) is 70.8 Å². The van der Waals surface area contributed by atoms with Crippen LogP contribution in [-0.4, -0.2) is 36.7 Å². The molecule has 0 bridgehead atoms. The van der Waals surface area contributed by atoms with Crippen molar-refractivity contribution in [1.82, 2.24) is 9.88 Å². The fourth-order valence-electron chi connectivity index (χ4n) is 5.81. The third-order valence-corrected chi connectivity index (χ3v) is 8.08. The van der Waals surface area contributed by atoms with Crippen LogP contribution in [-0.2, 0) is 0 Å². The molecule has 6 nitrogen and oxygen atoms in total. The first-order chi connectivity index (χ1) is 21.7. The van der Waals surface area contributed by atoms with Crippen LogP contribution in [0.25, 0.3) is 22.4 Å². The first kappa shape index (κ1) is 27.6. The summed E-state index contributed by atoms with van der Waals surface area (Å²) in [5.74, 6) is 3.23. The van der Waals surface area contributed by atoms with Crippen molar-refractivity contribution in [2.45, 2.75) is 19.3 Å². The number of pyridine rings is 1. The number of aromatic nitrogens is 1. The van der Waals surface area contributed by atoms with Crippen LogP contribution in [0.1, 0.15) is 19.3 Å². The fourth-order valence-corrected chi connectivity index (χ4v) is 5.81. The molecule has 220 valence electrons. The number of benzene rings is 4. The number of hydrogen-bond acceptors (Lipinski definition) is 6. The van der Waals surface area contributed by atoms with Crippen LogP contribution in [0, 0.1) is 0 Å². The first-order valence-electron chi connectivity index (χ1n) is 15.3. The van der Waals surface area contributed by atoms with Gasteiger partial charge in [-0.05, 0) is 91.1 Å². The van der Waals surface area contributed by atoms with Gasteiger partial charge in [0.15, 0.2) is 0 Å². The largest absolute Gasteiger partial charge is 0.457 e. The van der Waals surface area contributed by atoms with E-state index in [9.17, 15) is 0 Å². The second-order valence-corrected chi connectivity index (χ2v) is 11.4. The van der Waals surface area contributed by atoms with E-state index in [2.05, 4.69) is 82.7 Å². The van der Waals surface area contributed by atoms with Crippen molar-refractivity contribution in [2.24, 2.45) is 0 Å².